The number of aliphatic hydroxyl groups is 1. The van der Waals surface area contributed by atoms with Gasteiger partial charge in [-0.05, 0) is 25.3 Å². The fraction of sp³-hybridized carbons (Fsp3) is 0.500. The van der Waals surface area contributed by atoms with Crippen LogP contribution in [-0.2, 0) is 5.60 Å². The Balaban J connectivity index is 2.31. The average molecular weight is 163 g/mol. The van der Waals surface area contributed by atoms with Gasteiger partial charge in [-0.3, -0.25) is 4.98 Å². The lowest BCUT2D eigenvalue weighted by Crippen LogP contribution is -2.07. The Hall–Kier alpha value is -0.890. The number of hydrogen-bond acceptors (Lipinski definition) is 2. The highest BCUT2D eigenvalue weighted by atomic mass is 16.3. The molecular weight excluding hydrogens is 150 g/mol. The minimum Gasteiger partial charge on any atom is -0.385 e. The smallest absolute Gasteiger partial charge is 0.0941 e. The zero-order valence-electron chi connectivity index (χ0n) is 7.41. The minimum atomic E-state index is -0.569. The largest absolute Gasteiger partial charge is 0.385 e. The summed E-state index contributed by atoms with van der Waals surface area (Å²) in [4.78, 5) is 4.16. The van der Waals surface area contributed by atoms with E-state index in [1.165, 1.54) is 0 Å². The molecule has 1 N–H and O–H groups in total. The molecule has 2 nitrogen and oxygen atoms in total. The molecule has 2 unspecified atom stereocenters. The standard InChI is InChI=1S/C10H13NO/c1-7-5-10(7,12)9-4-3-8(2)11-6-9/h3-4,6-7,12H,5H2,1-2H3. The molecule has 0 spiro atoms. The highest BCUT2D eigenvalue weighted by Crippen LogP contribution is 2.51. The van der Waals surface area contributed by atoms with Crippen molar-refractivity contribution in [2.24, 2.45) is 5.92 Å². The van der Waals surface area contributed by atoms with Crippen LogP contribution in [-0.4, -0.2) is 10.1 Å². The van der Waals surface area contributed by atoms with Crippen LogP contribution in [0.5, 0.6) is 0 Å². The summed E-state index contributed by atoms with van der Waals surface area (Å²) in [5.74, 6) is 0.391. The summed E-state index contributed by atoms with van der Waals surface area (Å²) >= 11 is 0. The van der Waals surface area contributed by atoms with Crippen molar-refractivity contribution in [2.45, 2.75) is 25.9 Å². The number of aromatic nitrogens is 1. The Bertz CT molecular complexity index is 293. The van der Waals surface area contributed by atoms with Crippen molar-refractivity contribution in [1.29, 1.82) is 0 Å². The lowest BCUT2D eigenvalue weighted by Gasteiger charge is -2.08. The monoisotopic (exact) mass is 163 g/mol. The molecule has 1 aliphatic carbocycles. The van der Waals surface area contributed by atoms with Crippen LogP contribution in [0.15, 0.2) is 18.3 Å². The molecule has 1 fully saturated rings. The van der Waals surface area contributed by atoms with Crippen molar-refractivity contribution in [1.82, 2.24) is 4.98 Å². The molecule has 2 rings (SSSR count). The van der Waals surface area contributed by atoms with Crippen molar-refractivity contribution in [2.75, 3.05) is 0 Å². The van der Waals surface area contributed by atoms with Crippen LogP contribution in [0.1, 0.15) is 24.6 Å². The summed E-state index contributed by atoms with van der Waals surface area (Å²) in [6, 6.07) is 3.91. The Labute approximate surface area is 72.3 Å². The third-order valence-corrected chi connectivity index (χ3v) is 2.68. The predicted molar refractivity (Wildman–Crippen MR) is 46.7 cm³/mol. The Morgan fingerprint density at radius 3 is 2.67 bits per heavy atom. The lowest BCUT2D eigenvalue weighted by molar-refractivity contribution is 0.134. The Kier molecular flexibility index (Phi) is 1.48. The summed E-state index contributed by atoms with van der Waals surface area (Å²) in [7, 11) is 0. The Morgan fingerprint density at radius 2 is 2.25 bits per heavy atom. The fourth-order valence-electron chi connectivity index (χ4n) is 1.53. The first-order valence-electron chi connectivity index (χ1n) is 4.28. The number of nitrogens with zero attached hydrogens (tertiary/aromatic N) is 1. The third-order valence-electron chi connectivity index (χ3n) is 2.68. The van der Waals surface area contributed by atoms with Gasteiger partial charge in [-0.1, -0.05) is 13.0 Å². The topological polar surface area (TPSA) is 33.1 Å². The van der Waals surface area contributed by atoms with E-state index < -0.39 is 5.60 Å². The van der Waals surface area contributed by atoms with E-state index in [9.17, 15) is 5.11 Å². The molecule has 64 valence electrons. The number of hydrogen-bond donors (Lipinski definition) is 1. The van der Waals surface area contributed by atoms with Crippen LogP contribution < -0.4 is 0 Å². The summed E-state index contributed by atoms with van der Waals surface area (Å²) in [5, 5.41) is 9.92. The zero-order chi connectivity index (χ0) is 8.77. The fourth-order valence-corrected chi connectivity index (χ4v) is 1.53. The van der Waals surface area contributed by atoms with E-state index >= 15 is 0 Å². The lowest BCUT2D eigenvalue weighted by atomic mass is 10.1. The summed E-state index contributed by atoms with van der Waals surface area (Å²) < 4.78 is 0. The molecule has 0 amide bonds. The molecule has 1 saturated carbocycles. The molecular formula is C10H13NO. The second-order valence-electron chi connectivity index (χ2n) is 3.72. The molecule has 1 aromatic rings. The first-order valence-corrected chi connectivity index (χ1v) is 4.28. The van der Waals surface area contributed by atoms with Crippen molar-refractivity contribution < 1.29 is 5.11 Å². The van der Waals surface area contributed by atoms with Gasteiger partial charge in [-0.2, -0.15) is 0 Å². The first kappa shape index (κ1) is 7.74. The summed E-state index contributed by atoms with van der Waals surface area (Å²) in [5.41, 5.74) is 1.39. The number of rotatable bonds is 1. The summed E-state index contributed by atoms with van der Waals surface area (Å²) in [6.07, 6.45) is 2.65. The number of aryl methyl sites for hydroxylation is 1. The SMILES string of the molecule is Cc1ccc(C2(O)CC2C)cn1. The first-order chi connectivity index (χ1) is 5.63. The van der Waals surface area contributed by atoms with Crippen molar-refractivity contribution >= 4 is 0 Å². The molecule has 12 heavy (non-hydrogen) atoms. The zero-order valence-corrected chi connectivity index (χ0v) is 7.41. The van der Waals surface area contributed by atoms with E-state index in [-0.39, 0.29) is 0 Å². The molecule has 2 heteroatoms. The highest BCUT2D eigenvalue weighted by molar-refractivity contribution is 5.27. The van der Waals surface area contributed by atoms with E-state index in [1.807, 2.05) is 19.1 Å². The van der Waals surface area contributed by atoms with E-state index in [2.05, 4.69) is 11.9 Å². The maximum atomic E-state index is 9.92. The maximum Gasteiger partial charge on any atom is 0.0941 e. The van der Waals surface area contributed by atoms with Crippen molar-refractivity contribution in [3.05, 3.63) is 29.6 Å². The van der Waals surface area contributed by atoms with Gasteiger partial charge in [-0.15, -0.1) is 0 Å². The minimum absolute atomic E-state index is 0.391. The quantitative estimate of drug-likeness (QED) is 0.682. The van der Waals surface area contributed by atoms with Crippen molar-refractivity contribution in [3.63, 3.8) is 0 Å². The van der Waals surface area contributed by atoms with Crippen molar-refractivity contribution in [3.8, 4) is 0 Å². The van der Waals surface area contributed by atoms with Crippen LogP contribution in [0.2, 0.25) is 0 Å². The van der Waals surface area contributed by atoms with Gasteiger partial charge in [-0.25, -0.2) is 0 Å². The molecule has 1 heterocycles. The second kappa shape index (κ2) is 2.30. The van der Waals surface area contributed by atoms with Crippen LogP contribution in [0, 0.1) is 12.8 Å². The molecule has 1 aliphatic rings. The Morgan fingerprint density at radius 1 is 1.58 bits per heavy atom. The molecule has 0 aliphatic heterocycles. The average Bonchev–Trinajstić information content (AvgIpc) is 2.62. The molecule has 0 aromatic carbocycles. The van der Waals surface area contributed by atoms with Gasteiger partial charge in [0.15, 0.2) is 0 Å². The van der Waals surface area contributed by atoms with Gasteiger partial charge in [0.25, 0.3) is 0 Å². The van der Waals surface area contributed by atoms with Crippen LogP contribution in [0.25, 0.3) is 0 Å². The van der Waals surface area contributed by atoms with E-state index in [0.29, 0.717) is 5.92 Å². The van der Waals surface area contributed by atoms with E-state index in [1.54, 1.807) is 6.20 Å². The van der Waals surface area contributed by atoms with Gasteiger partial charge >= 0.3 is 0 Å². The molecule has 1 aromatic heterocycles. The van der Waals surface area contributed by atoms with E-state index in [0.717, 1.165) is 17.7 Å². The van der Waals surface area contributed by atoms with Crippen LogP contribution in [0.3, 0.4) is 0 Å². The van der Waals surface area contributed by atoms with Gasteiger partial charge in [0, 0.05) is 17.5 Å². The van der Waals surface area contributed by atoms with Gasteiger partial charge in [0.1, 0.15) is 0 Å². The van der Waals surface area contributed by atoms with E-state index in [4.69, 9.17) is 0 Å². The van der Waals surface area contributed by atoms with Crippen LogP contribution in [0.4, 0.5) is 0 Å². The highest BCUT2D eigenvalue weighted by Gasteiger charge is 2.51. The van der Waals surface area contributed by atoms with Crippen LogP contribution >= 0.6 is 0 Å². The normalized spacial score (nSPS) is 33.4. The molecule has 0 saturated heterocycles. The molecule has 2 atom stereocenters. The predicted octanol–water partition coefficient (Wildman–Crippen LogP) is 1.62. The number of pyridine rings is 1. The van der Waals surface area contributed by atoms with Gasteiger partial charge < -0.3 is 5.11 Å². The molecule has 0 bridgehead atoms. The van der Waals surface area contributed by atoms with Gasteiger partial charge in [0.2, 0.25) is 0 Å². The third kappa shape index (κ3) is 1.03. The second-order valence-corrected chi connectivity index (χ2v) is 3.72. The maximum absolute atomic E-state index is 9.92. The summed E-state index contributed by atoms with van der Waals surface area (Å²) in [6.45, 7) is 4.00. The van der Waals surface area contributed by atoms with Gasteiger partial charge in [0.05, 0.1) is 5.60 Å². The molecule has 0 radical (unpaired) electrons.